The molecule has 0 spiro atoms. The number of benzene rings is 1. The monoisotopic (exact) mass is 315 g/mol. The number of halogens is 1. The van der Waals surface area contributed by atoms with Gasteiger partial charge in [0.15, 0.2) is 0 Å². The first kappa shape index (κ1) is 17.4. The predicted molar refractivity (Wildman–Crippen MR) is 79.8 cm³/mol. The van der Waals surface area contributed by atoms with Crippen molar-refractivity contribution in [2.75, 3.05) is 26.2 Å². The van der Waals surface area contributed by atoms with E-state index in [9.17, 15) is 14.9 Å². The number of carbonyl (C=O) groups is 1. The highest BCUT2D eigenvalue weighted by Crippen LogP contribution is 2.24. The second kappa shape index (κ2) is 7.35. The fourth-order valence-electron chi connectivity index (χ4n) is 2.29. The molecule has 1 fully saturated rings. The lowest BCUT2D eigenvalue weighted by Crippen LogP contribution is -2.48. The molecule has 0 saturated carbocycles. The summed E-state index contributed by atoms with van der Waals surface area (Å²) in [6.45, 7) is 3.19. The Morgan fingerprint density at radius 1 is 1.57 bits per heavy atom. The summed E-state index contributed by atoms with van der Waals surface area (Å²) in [6.07, 6.45) is -0.212. The minimum atomic E-state index is -0.527. The van der Waals surface area contributed by atoms with Crippen LogP contribution in [0.1, 0.15) is 15.9 Å². The summed E-state index contributed by atoms with van der Waals surface area (Å²) < 4.78 is 5.40. The fourth-order valence-corrected chi connectivity index (χ4v) is 2.29. The first-order valence-electron chi connectivity index (χ1n) is 6.39. The largest absolute Gasteiger partial charge is 0.373 e. The molecule has 1 saturated heterocycles. The third-order valence-electron chi connectivity index (χ3n) is 3.35. The second-order valence-corrected chi connectivity index (χ2v) is 4.71. The summed E-state index contributed by atoms with van der Waals surface area (Å²) in [5.41, 5.74) is 6.13. The van der Waals surface area contributed by atoms with Crippen LogP contribution in [0.4, 0.5) is 5.69 Å². The molecule has 1 aliphatic rings. The molecule has 2 rings (SSSR count). The fraction of sp³-hybridized carbons (Fsp3) is 0.462. The highest BCUT2D eigenvalue weighted by molar-refractivity contribution is 5.99. The molecule has 0 bridgehead atoms. The van der Waals surface area contributed by atoms with Crippen molar-refractivity contribution in [1.82, 2.24) is 4.90 Å². The quantitative estimate of drug-likeness (QED) is 0.665. The average molecular weight is 316 g/mol. The highest BCUT2D eigenvalue weighted by atomic mass is 35.5. The minimum absolute atomic E-state index is 0. The van der Waals surface area contributed by atoms with Crippen molar-refractivity contribution in [3.05, 3.63) is 39.4 Å². The highest BCUT2D eigenvalue weighted by Gasteiger charge is 2.29. The Morgan fingerprint density at radius 3 is 2.90 bits per heavy atom. The number of aryl methyl sites for hydroxylation is 1. The van der Waals surface area contributed by atoms with Crippen molar-refractivity contribution < 1.29 is 14.5 Å². The van der Waals surface area contributed by atoms with Gasteiger partial charge in [-0.1, -0.05) is 12.1 Å². The van der Waals surface area contributed by atoms with Crippen LogP contribution < -0.4 is 5.73 Å². The first-order chi connectivity index (χ1) is 9.54. The van der Waals surface area contributed by atoms with E-state index in [0.717, 1.165) is 0 Å². The van der Waals surface area contributed by atoms with Gasteiger partial charge in [-0.05, 0) is 12.5 Å². The van der Waals surface area contributed by atoms with Crippen LogP contribution in [-0.2, 0) is 4.74 Å². The van der Waals surface area contributed by atoms with E-state index in [0.29, 0.717) is 31.8 Å². The molecule has 2 N–H and O–H groups in total. The van der Waals surface area contributed by atoms with Gasteiger partial charge in [0.1, 0.15) is 5.56 Å². The molecule has 8 heteroatoms. The van der Waals surface area contributed by atoms with Crippen molar-refractivity contribution >= 4 is 24.0 Å². The molecular weight excluding hydrogens is 298 g/mol. The molecule has 1 aromatic rings. The summed E-state index contributed by atoms with van der Waals surface area (Å²) in [6, 6.07) is 4.62. The number of nitrogens with zero attached hydrogens (tertiary/aromatic N) is 2. The maximum absolute atomic E-state index is 12.5. The minimum Gasteiger partial charge on any atom is -0.373 e. The van der Waals surface area contributed by atoms with Crippen molar-refractivity contribution in [2.45, 2.75) is 13.0 Å². The molecule has 1 heterocycles. The SMILES string of the molecule is Cc1cccc([N+](=O)[O-])c1C(=O)N1CCOC(CN)C1.Cl. The Labute approximate surface area is 128 Å². The van der Waals surface area contributed by atoms with Crippen molar-refractivity contribution in [3.8, 4) is 0 Å². The molecule has 0 radical (unpaired) electrons. The smallest absolute Gasteiger partial charge is 0.282 e. The van der Waals surface area contributed by atoms with Crippen LogP contribution in [0.25, 0.3) is 0 Å². The molecule has 0 aliphatic carbocycles. The van der Waals surface area contributed by atoms with E-state index >= 15 is 0 Å². The topological polar surface area (TPSA) is 98.7 Å². The van der Waals surface area contributed by atoms with E-state index in [-0.39, 0.29) is 35.7 Å². The normalized spacial score (nSPS) is 18.0. The second-order valence-electron chi connectivity index (χ2n) is 4.71. The Bertz CT molecular complexity index is 538. The molecule has 7 nitrogen and oxygen atoms in total. The van der Waals surface area contributed by atoms with E-state index in [1.54, 1.807) is 24.0 Å². The molecule has 1 amide bonds. The zero-order valence-electron chi connectivity index (χ0n) is 11.7. The van der Waals surface area contributed by atoms with Gasteiger partial charge >= 0.3 is 0 Å². The number of nitro groups is 1. The molecule has 116 valence electrons. The predicted octanol–water partition coefficient (Wildman–Crippen LogP) is 1.12. The zero-order chi connectivity index (χ0) is 14.7. The van der Waals surface area contributed by atoms with Crippen LogP contribution in [0, 0.1) is 17.0 Å². The Morgan fingerprint density at radius 2 is 2.29 bits per heavy atom. The third kappa shape index (κ3) is 3.69. The van der Waals surface area contributed by atoms with Crippen LogP contribution >= 0.6 is 12.4 Å². The number of nitrogens with two attached hydrogens (primary N) is 1. The lowest BCUT2D eigenvalue weighted by atomic mass is 10.0. The number of hydrogen-bond donors (Lipinski definition) is 1. The lowest BCUT2D eigenvalue weighted by molar-refractivity contribution is -0.385. The Hall–Kier alpha value is -1.70. The Kier molecular flexibility index (Phi) is 6.07. The van der Waals surface area contributed by atoms with Gasteiger partial charge in [-0.3, -0.25) is 14.9 Å². The van der Waals surface area contributed by atoms with Crippen molar-refractivity contribution in [3.63, 3.8) is 0 Å². The lowest BCUT2D eigenvalue weighted by Gasteiger charge is -2.32. The third-order valence-corrected chi connectivity index (χ3v) is 3.35. The van der Waals surface area contributed by atoms with Crippen molar-refractivity contribution in [1.29, 1.82) is 0 Å². The maximum atomic E-state index is 12.5. The molecule has 21 heavy (non-hydrogen) atoms. The number of hydrogen-bond acceptors (Lipinski definition) is 5. The number of carbonyl (C=O) groups excluding carboxylic acids is 1. The van der Waals surface area contributed by atoms with Gasteiger partial charge in [0.25, 0.3) is 11.6 Å². The summed E-state index contributed by atoms with van der Waals surface area (Å²) in [5.74, 6) is -0.337. The van der Waals surface area contributed by atoms with E-state index in [4.69, 9.17) is 10.5 Å². The molecule has 1 aromatic carbocycles. The van der Waals surface area contributed by atoms with E-state index in [1.807, 2.05) is 0 Å². The summed E-state index contributed by atoms with van der Waals surface area (Å²) in [7, 11) is 0. The Balaban J connectivity index is 0.00000220. The van der Waals surface area contributed by atoms with Crippen LogP contribution in [0.5, 0.6) is 0 Å². The maximum Gasteiger partial charge on any atom is 0.282 e. The standard InChI is InChI=1S/C13H17N3O4.ClH/c1-9-3-2-4-11(16(18)19)12(9)13(17)15-5-6-20-10(7-14)8-15;/h2-4,10H,5-8,14H2,1H3;1H. The van der Waals surface area contributed by atoms with Crippen LogP contribution in [0.15, 0.2) is 18.2 Å². The summed E-state index contributed by atoms with van der Waals surface area (Å²) in [4.78, 5) is 24.6. The van der Waals surface area contributed by atoms with E-state index in [1.165, 1.54) is 6.07 Å². The van der Waals surface area contributed by atoms with E-state index in [2.05, 4.69) is 0 Å². The number of nitro benzene ring substituents is 1. The van der Waals surface area contributed by atoms with Gasteiger partial charge in [0.05, 0.1) is 17.6 Å². The molecule has 0 aromatic heterocycles. The summed E-state index contributed by atoms with van der Waals surface area (Å²) in [5, 5.41) is 11.1. The molecular formula is C13H18ClN3O4. The zero-order valence-corrected chi connectivity index (χ0v) is 12.5. The van der Waals surface area contributed by atoms with Crippen LogP contribution in [-0.4, -0.2) is 48.1 Å². The molecule has 1 unspecified atom stereocenters. The number of morpholine rings is 1. The number of amides is 1. The van der Waals surface area contributed by atoms with Gasteiger partial charge in [0, 0.05) is 25.7 Å². The molecule has 1 aliphatic heterocycles. The van der Waals surface area contributed by atoms with Gasteiger partial charge in [-0.25, -0.2) is 0 Å². The van der Waals surface area contributed by atoms with Crippen LogP contribution in [0.3, 0.4) is 0 Å². The van der Waals surface area contributed by atoms with Crippen molar-refractivity contribution in [2.24, 2.45) is 5.73 Å². The van der Waals surface area contributed by atoms with Gasteiger partial charge in [-0.2, -0.15) is 0 Å². The summed E-state index contributed by atoms with van der Waals surface area (Å²) >= 11 is 0. The first-order valence-corrected chi connectivity index (χ1v) is 6.39. The van der Waals surface area contributed by atoms with Gasteiger partial charge in [-0.15, -0.1) is 12.4 Å². The number of ether oxygens (including phenoxy) is 1. The van der Waals surface area contributed by atoms with E-state index < -0.39 is 4.92 Å². The van der Waals surface area contributed by atoms with Gasteiger partial charge in [0.2, 0.25) is 0 Å². The molecule has 1 atom stereocenters. The van der Waals surface area contributed by atoms with Crippen LogP contribution in [0.2, 0.25) is 0 Å². The number of rotatable bonds is 3. The average Bonchev–Trinajstić information content (AvgIpc) is 2.46. The van der Waals surface area contributed by atoms with Gasteiger partial charge < -0.3 is 15.4 Å².